The lowest BCUT2D eigenvalue weighted by Crippen LogP contribution is -2.28. The monoisotopic (exact) mass is 370 g/mol. The summed E-state index contributed by atoms with van der Waals surface area (Å²) in [5, 5.41) is 0. The van der Waals surface area contributed by atoms with E-state index in [9.17, 15) is 8.42 Å². The number of nitrogens with two attached hydrogens (primary N) is 1. The Bertz CT molecular complexity index is 736. The van der Waals surface area contributed by atoms with Crippen molar-refractivity contribution in [1.29, 1.82) is 0 Å². The van der Waals surface area contributed by atoms with Gasteiger partial charge in [-0.3, -0.25) is 0 Å². The zero-order chi connectivity index (χ0) is 15.5. The molecule has 0 saturated carbocycles. The van der Waals surface area contributed by atoms with Crippen molar-refractivity contribution in [1.82, 2.24) is 9.29 Å². The van der Waals surface area contributed by atoms with Gasteiger partial charge in [-0.2, -0.15) is 4.31 Å². The van der Waals surface area contributed by atoms with E-state index in [1.165, 1.54) is 23.6 Å². The van der Waals surface area contributed by atoms with E-state index in [0.717, 1.165) is 10.0 Å². The van der Waals surface area contributed by atoms with Crippen molar-refractivity contribution >= 4 is 31.8 Å². The molecule has 21 heavy (non-hydrogen) atoms. The second-order valence-electron chi connectivity index (χ2n) is 4.39. The summed E-state index contributed by atoms with van der Waals surface area (Å²) in [5.41, 5.74) is 3.18. The van der Waals surface area contributed by atoms with Gasteiger partial charge in [-0.25, -0.2) is 19.2 Å². The summed E-state index contributed by atoms with van der Waals surface area (Å²) in [5.74, 6) is 5.44. The van der Waals surface area contributed by atoms with E-state index in [1.54, 1.807) is 6.07 Å². The van der Waals surface area contributed by atoms with E-state index in [4.69, 9.17) is 5.84 Å². The number of sulfonamides is 1. The molecule has 0 amide bonds. The molecule has 112 valence electrons. The third kappa shape index (κ3) is 3.59. The number of nitrogens with zero attached hydrogens (tertiary/aromatic N) is 2. The van der Waals surface area contributed by atoms with Crippen molar-refractivity contribution in [3.63, 3.8) is 0 Å². The molecular formula is C13H15BrN4O2S. The van der Waals surface area contributed by atoms with Gasteiger partial charge in [0.15, 0.2) is 5.82 Å². The summed E-state index contributed by atoms with van der Waals surface area (Å²) in [4.78, 5) is 3.96. The van der Waals surface area contributed by atoms with Crippen LogP contribution in [0.1, 0.15) is 5.56 Å². The number of nitrogens with one attached hydrogen (secondary N) is 1. The van der Waals surface area contributed by atoms with E-state index >= 15 is 0 Å². The maximum absolute atomic E-state index is 12.6. The number of anilines is 1. The van der Waals surface area contributed by atoms with Crippen LogP contribution in [0.15, 0.2) is 52.0 Å². The number of nitrogen functional groups attached to an aromatic ring is 1. The Morgan fingerprint density at radius 2 is 2.10 bits per heavy atom. The molecule has 0 aliphatic heterocycles. The molecule has 0 aliphatic rings. The molecule has 8 heteroatoms. The lowest BCUT2D eigenvalue weighted by Gasteiger charge is -2.18. The molecule has 1 heterocycles. The van der Waals surface area contributed by atoms with Gasteiger partial charge in [0.25, 0.3) is 0 Å². The summed E-state index contributed by atoms with van der Waals surface area (Å²) >= 11 is 3.37. The van der Waals surface area contributed by atoms with E-state index < -0.39 is 10.0 Å². The van der Waals surface area contributed by atoms with Gasteiger partial charge in [-0.1, -0.05) is 28.1 Å². The minimum atomic E-state index is -3.68. The topological polar surface area (TPSA) is 88.3 Å². The Balaban J connectivity index is 2.31. The predicted molar refractivity (Wildman–Crippen MR) is 84.8 cm³/mol. The van der Waals surface area contributed by atoms with Gasteiger partial charge in [0.05, 0.1) is 0 Å². The molecule has 0 bridgehead atoms. The highest BCUT2D eigenvalue weighted by Gasteiger charge is 2.24. The fraction of sp³-hybridized carbons (Fsp3) is 0.154. The molecule has 1 aromatic carbocycles. The summed E-state index contributed by atoms with van der Waals surface area (Å²) < 4.78 is 27.3. The molecule has 0 radical (unpaired) electrons. The van der Waals surface area contributed by atoms with Gasteiger partial charge in [0.1, 0.15) is 4.90 Å². The number of benzene rings is 1. The SMILES string of the molecule is CN(Cc1cccc(Br)c1)S(=O)(=O)c1cccnc1NN. The van der Waals surface area contributed by atoms with Crippen molar-refractivity contribution in [3.8, 4) is 0 Å². The smallest absolute Gasteiger partial charge is 0.246 e. The summed E-state index contributed by atoms with van der Waals surface area (Å²) in [6.45, 7) is 0.251. The third-order valence-corrected chi connectivity index (χ3v) is 5.22. The Hall–Kier alpha value is -1.48. The van der Waals surface area contributed by atoms with Crippen molar-refractivity contribution in [2.75, 3.05) is 12.5 Å². The average molecular weight is 371 g/mol. The van der Waals surface area contributed by atoms with Gasteiger partial charge in [-0.15, -0.1) is 0 Å². The summed E-state index contributed by atoms with van der Waals surface area (Å²) in [6, 6.07) is 10.5. The van der Waals surface area contributed by atoms with Crippen LogP contribution in [0.25, 0.3) is 0 Å². The maximum Gasteiger partial charge on any atom is 0.246 e. The first-order chi connectivity index (χ1) is 9.95. The van der Waals surface area contributed by atoms with Crippen molar-refractivity contribution in [2.45, 2.75) is 11.4 Å². The fourth-order valence-corrected chi connectivity index (χ4v) is 3.56. The van der Waals surface area contributed by atoms with Gasteiger partial charge < -0.3 is 5.43 Å². The van der Waals surface area contributed by atoms with Crippen molar-refractivity contribution in [2.24, 2.45) is 5.84 Å². The largest absolute Gasteiger partial charge is 0.307 e. The molecule has 6 nitrogen and oxygen atoms in total. The Kier molecular flexibility index (Phi) is 4.94. The van der Waals surface area contributed by atoms with Gasteiger partial charge in [-0.05, 0) is 29.8 Å². The highest BCUT2D eigenvalue weighted by atomic mass is 79.9. The van der Waals surface area contributed by atoms with Crippen LogP contribution in [0.4, 0.5) is 5.82 Å². The van der Waals surface area contributed by atoms with Crippen LogP contribution < -0.4 is 11.3 Å². The molecule has 0 atom stereocenters. The highest BCUT2D eigenvalue weighted by Crippen LogP contribution is 2.22. The second-order valence-corrected chi connectivity index (χ2v) is 7.31. The molecule has 0 aliphatic carbocycles. The minimum Gasteiger partial charge on any atom is -0.307 e. The lowest BCUT2D eigenvalue weighted by atomic mass is 10.2. The second kappa shape index (κ2) is 6.52. The number of rotatable bonds is 5. The fourth-order valence-electron chi connectivity index (χ4n) is 1.85. The standard InChI is InChI=1S/C13H15BrN4O2S/c1-18(9-10-4-2-5-11(14)8-10)21(19,20)12-6-3-7-16-13(12)17-15/h2-8H,9,15H2,1H3,(H,16,17). The van der Waals surface area contributed by atoms with Crippen molar-refractivity contribution in [3.05, 3.63) is 52.6 Å². The summed E-state index contributed by atoms with van der Waals surface area (Å²) in [7, 11) is -2.16. The number of hydrogen-bond acceptors (Lipinski definition) is 5. The maximum atomic E-state index is 12.6. The zero-order valence-corrected chi connectivity index (χ0v) is 13.7. The first kappa shape index (κ1) is 15.9. The first-order valence-electron chi connectivity index (χ1n) is 6.07. The number of hydrazine groups is 1. The Labute approximate surface area is 132 Å². The number of halogens is 1. The zero-order valence-electron chi connectivity index (χ0n) is 11.3. The van der Waals surface area contributed by atoms with Crippen LogP contribution in [0.5, 0.6) is 0 Å². The van der Waals surface area contributed by atoms with Gasteiger partial charge >= 0.3 is 0 Å². The Morgan fingerprint density at radius 3 is 2.76 bits per heavy atom. The molecule has 0 spiro atoms. The van der Waals surface area contributed by atoms with E-state index in [-0.39, 0.29) is 17.3 Å². The van der Waals surface area contributed by atoms with Crippen molar-refractivity contribution < 1.29 is 8.42 Å². The van der Waals surface area contributed by atoms with Crippen LogP contribution in [0.3, 0.4) is 0 Å². The molecule has 0 unspecified atom stereocenters. The molecule has 3 N–H and O–H groups in total. The average Bonchev–Trinajstić information content (AvgIpc) is 2.47. The Morgan fingerprint density at radius 1 is 1.33 bits per heavy atom. The molecule has 2 aromatic rings. The molecule has 2 rings (SSSR count). The summed E-state index contributed by atoms with van der Waals surface area (Å²) in [6.07, 6.45) is 1.47. The molecular weight excluding hydrogens is 356 g/mol. The van der Waals surface area contributed by atoms with Gasteiger partial charge in [0, 0.05) is 24.3 Å². The van der Waals surface area contributed by atoms with E-state index in [2.05, 4.69) is 26.3 Å². The van der Waals surface area contributed by atoms with E-state index in [1.807, 2.05) is 24.3 Å². The van der Waals surface area contributed by atoms with Gasteiger partial charge in [0.2, 0.25) is 10.0 Å². The molecule has 0 fully saturated rings. The van der Waals surface area contributed by atoms with E-state index in [0.29, 0.717) is 0 Å². The third-order valence-electron chi connectivity index (χ3n) is 2.89. The normalized spacial score (nSPS) is 11.6. The number of hydrogen-bond donors (Lipinski definition) is 2. The molecule has 1 aromatic heterocycles. The van der Waals surface area contributed by atoms with Crippen LogP contribution >= 0.6 is 15.9 Å². The molecule has 0 saturated heterocycles. The predicted octanol–water partition coefficient (Wildman–Crippen LogP) is 1.95. The minimum absolute atomic E-state index is 0.0463. The van der Waals surface area contributed by atoms with Crippen LogP contribution in [-0.4, -0.2) is 24.8 Å². The lowest BCUT2D eigenvalue weighted by molar-refractivity contribution is 0.466. The van der Waals surface area contributed by atoms with Crippen LogP contribution in [0, 0.1) is 0 Å². The first-order valence-corrected chi connectivity index (χ1v) is 8.31. The quantitative estimate of drug-likeness (QED) is 0.620. The number of aromatic nitrogens is 1. The highest BCUT2D eigenvalue weighted by molar-refractivity contribution is 9.10. The number of pyridine rings is 1. The van der Waals surface area contributed by atoms with Crippen LogP contribution in [-0.2, 0) is 16.6 Å². The van der Waals surface area contributed by atoms with Crippen LogP contribution in [0.2, 0.25) is 0 Å².